The molecule has 0 radical (unpaired) electrons. The van der Waals surface area contributed by atoms with Gasteiger partial charge in [0.25, 0.3) is 0 Å². The molecule has 1 amide bonds. The van der Waals surface area contributed by atoms with Crippen LogP contribution in [-0.4, -0.2) is 37.1 Å². The number of piperidine rings is 1. The van der Waals surface area contributed by atoms with E-state index in [-0.39, 0.29) is 5.91 Å². The zero-order valence-electron chi connectivity index (χ0n) is 12.9. The maximum absolute atomic E-state index is 12.5. The van der Waals surface area contributed by atoms with E-state index in [0.29, 0.717) is 42.1 Å². The number of ether oxygens (including phenoxy) is 2. The summed E-state index contributed by atoms with van der Waals surface area (Å²) >= 11 is 6.28. The fraction of sp³-hybridized carbons (Fsp3) is 0.588. The first-order valence-corrected chi connectivity index (χ1v) is 8.37. The van der Waals surface area contributed by atoms with Gasteiger partial charge >= 0.3 is 0 Å². The standard InChI is InChI=1S/C17H22ClNO3/c1-12-4-2-5-19(11-12)16(20)10-13-8-14(18)17-15(9-13)21-6-3-7-22-17/h8-9,12H,2-7,10-11H2,1H3. The van der Waals surface area contributed by atoms with Gasteiger partial charge in [0.15, 0.2) is 11.5 Å². The molecule has 3 rings (SSSR count). The molecule has 0 aliphatic carbocycles. The van der Waals surface area contributed by atoms with Gasteiger partial charge in [-0.2, -0.15) is 0 Å². The van der Waals surface area contributed by atoms with Gasteiger partial charge in [-0.15, -0.1) is 0 Å². The van der Waals surface area contributed by atoms with Gasteiger partial charge in [0.05, 0.1) is 24.7 Å². The van der Waals surface area contributed by atoms with Crippen LogP contribution >= 0.6 is 11.6 Å². The SMILES string of the molecule is CC1CCCN(C(=O)Cc2cc(Cl)c3c(c2)OCCCO3)C1. The zero-order valence-corrected chi connectivity index (χ0v) is 13.7. The summed E-state index contributed by atoms with van der Waals surface area (Å²) in [6.07, 6.45) is 3.50. The van der Waals surface area contributed by atoms with Crippen LogP contribution in [0, 0.1) is 5.92 Å². The quantitative estimate of drug-likeness (QED) is 0.838. The molecule has 0 aromatic heterocycles. The van der Waals surface area contributed by atoms with E-state index in [2.05, 4.69) is 6.92 Å². The second-order valence-electron chi connectivity index (χ2n) is 6.22. The molecule has 1 unspecified atom stereocenters. The molecule has 22 heavy (non-hydrogen) atoms. The third-order valence-electron chi connectivity index (χ3n) is 4.23. The molecule has 0 bridgehead atoms. The molecule has 0 N–H and O–H groups in total. The van der Waals surface area contributed by atoms with Crippen LogP contribution in [0.15, 0.2) is 12.1 Å². The van der Waals surface area contributed by atoms with Gasteiger partial charge in [-0.1, -0.05) is 18.5 Å². The van der Waals surface area contributed by atoms with Crippen molar-refractivity contribution in [1.29, 1.82) is 0 Å². The number of hydrogen-bond donors (Lipinski definition) is 0. The van der Waals surface area contributed by atoms with E-state index in [9.17, 15) is 4.79 Å². The summed E-state index contributed by atoms with van der Waals surface area (Å²) < 4.78 is 11.3. The first-order valence-electron chi connectivity index (χ1n) is 7.99. The highest BCUT2D eigenvalue weighted by atomic mass is 35.5. The summed E-state index contributed by atoms with van der Waals surface area (Å²) in [6.45, 7) is 5.14. The minimum atomic E-state index is 0.164. The van der Waals surface area contributed by atoms with Gasteiger partial charge in [0, 0.05) is 19.5 Å². The van der Waals surface area contributed by atoms with E-state index in [4.69, 9.17) is 21.1 Å². The summed E-state index contributed by atoms with van der Waals surface area (Å²) in [5.41, 5.74) is 0.887. The first kappa shape index (κ1) is 15.5. The van der Waals surface area contributed by atoms with Crippen molar-refractivity contribution in [1.82, 2.24) is 4.90 Å². The molecule has 1 aromatic rings. The summed E-state index contributed by atoms with van der Waals surface area (Å²) in [5, 5.41) is 0.522. The van der Waals surface area contributed by atoms with E-state index in [1.165, 1.54) is 6.42 Å². The summed E-state index contributed by atoms with van der Waals surface area (Å²) in [4.78, 5) is 14.4. The summed E-state index contributed by atoms with van der Waals surface area (Å²) in [5.74, 6) is 2.00. The van der Waals surface area contributed by atoms with Crippen molar-refractivity contribution in [2.45, 2.75) is 32.6 Å². The minimum Gasteiger partial charge on any atom is -0.489 e. The van der Waals surface area contributed by atoms with Crippen LogP contribution in [0.2, 0.25) is 5.02 Å². The van der Waals surface area contributed by atoms with E-state index in [0.717, 1.165) is 31.5 Å². The smallest absolute Gasteiger partial charge is 0.227 e. The topological polar surface area (TPSA) is 38.8 Å². The Bertz CT molecular complexity index is 561. The Balaban J connectivity index is 1.73. The van der Waals surface area contributed by atoms with Gasteiger partial charge in [-0.3, -0.25) is 4.79 Å². The van der Waals surface area contributed by atoms with Gasteiger partial charge in [-0.25, -0.2) is 0 Å². The van der Waals surface area contributed by atoms with E-state index in [1.807, 2.05) is 17.0 Å². The molecule has 1 atom stereocenters. The van der Waals surface area contributed by atoms with Crippen molar-refractivity contribution < 1.29 is 14.3 Å². The lowest BCUT2D eigenvalue weighted by Crippen LogP contribution is -2.39. The highest BCUT2D eigenvalue weighted by Crippen LogP contribution is 2.38. The predicted octanol–water partition coefficient (Wildman–Crippen LogP) is 3.30. The van der Waals surface area contributed by atoms with Crippen LogP contribution in [0.1, 0.15) is 31.7 Å². The van der Waals surface area contributed by atoms with Crippen LogP contribution < -0.4 is 9.47 Å². The predicted molar refractivity (Wildman–Crippen MR) is 85.7 cm³/mol. The molecule has 120 valence electrons. The third kappa shape index (κ3) is 3.49. The number of carbonyl (C=O) groups excluding carboxylic acids is 1. The molecule has 0 saturated carbocycles. The highest BCUT2D eigenvalue weighted by Gasteiger charge is 2.22. The zero-order chi connectivity index (χ0) is 15.5. The number of hydrogen-bond acceptors (Lipinski definition) is 3. The molecule has 1 aromatic carbocycles. The minimum absolute atomic E-state index is 0.164. The van der Waals surface area contributed by atoms with Crippen LogP contribution in [0.4, 0.5) is 0 Å². The van der Waals surface area contributed by atoms with E-state index >= 15 is 0 Å². The number of halogens is 1. The number of likely N-dealkylation sites (tertiary alicyclic amines) is 1. The molecule has 2 aliphatic heterocycles. The van der Waals surface area contributed by atoms with Gasteiger partial charge in [0.2, 0.25) is 5.91 Å². The van der Waals surface area contributed by atoms with Gasteiger partial charge < -0.3 is 14.4 Å². The van der Waals surface area contributed by atoms with Crippen LogP contribution in [0.3, 0.4) is 0 Å². The number of nitrogens with zero attached hydrogens (tertiary/aromatic N) is 1. The molecule has 2 heterocycles. The van der Waals surface area contributed by atoms with Gasteiger partial charge in [0.1, 0.15) is 0 Å². The molecule has 0 spiro atoms. The largest absolute Gasteiger partial charge is 0.489 e. The maximum Gasteiger partial charge on any atom is 0.227 e. The highest BCUT2D eigenvalue weighted by molar-refractivity contribution is 6.32. The number of carbonyl (C=O) groups is 1. The van der Waals surface area contributed by atoms with E-state index < -0.39 is 0 Å². The Morgan fingerprint density at radius 1 is 1.32 bits per heavy atom. The van der Waals surface area contributed by atoms with Crippen molar-refractivity contribution in [2.75, 3.05) is 26.3 Å². The van der Waals surface area contributed by atoms with Gasteiger partial charge in [-0.05, 0) is 36.5 Å². The van der Waals surface area contributed by atoms with Crippen LogP contribution in [-0.2, 0) is 11.2 Å². The Morgan fingerprint density at radius 3 is 2.95 bits per heavy atom. The fourth-order valence-electron chi connectivity index (χ4n) is 3.09. The second-order valence-corrected chi connectivity index (χ2v) is 6.63. The van der Waals surface area contributed by atoms with Crippen molar-refractivity contribution in [3.8, 4) is 11.5 Å². The number of fused-ring (bicyclic) bond motifs is 1. The van der Waals surface area contributed by atoms with E-state index in [1.54, 1.807) is 0 Å². The lowest BCUT2D eigenvalue weighted by Gasteiger charge is -2.31. The molecule has 1 fully saturated rings. The average molecular weight is 324 g/mol. The Morgan fingerprint density at radius 2 is 2.14 bits per heavy atom. The molecule has 1 saturated heterocycles. The molecular formula is C17H22ClNO3. The Hall–Kier alpha value is -1.42. The van der Waals surface area contributed by atoms with Crippen LogP contribution in [0.5, 0.6) is 11.5 Å². The van der Waals surface area contributed by atoms with Crippen molar-refractivity contribution in [3.05, 3.63) is 22.7 Å². The van der Waals surface area contributed by atoms with Crippen molar-refractivity contribution in [3.63, 3.8) is 0 Å². The normalized spacial score (nSPS) is 21.4. The lowest BCUT2D eigenvalue weighted by atomic mass is 9.99. The fourth-order valence-corrected chi connectivity index (χ4v) is 3.38. The van der Waals surface area contributed by atoms with Crippen molar-refractivity contribution in [2.24, 2.45) is 5.92 Å². The number of rotatable bonds is 2. The molecule has 4 nitrogen and oxygen atoms in total. The first-order chi connectivity index (χ1) is 10.6. The average Bonchev–Trinajstić information content (AvgIpc) is 2.73. The monoisotopic (exact) mass is 323 g/mol. The molecular weight excluding hydrogens is 302 g/mol. The molecule has 2 aliphatic rings. The Kier molecular flexibility index (Phi) is 4.77. The second kappa shape index (κ2) is 6.78. The van der Waals surface area contributed by atoms with Crippen LogP contribution in [0.25, 0.3) is 0 Å². The third-order valence-corrected chi connectivity index (χ3v) is 4.51. The van der Waals surface area contributed by atoms with Crippen molar-refractivity contribution >= 4 is 17.5 Å². The number of amides is 1. The number of benzene rings is 1. The molecule has 5 heteroatoms. The lowest BCUT2D eigenvalue weighted by molar-refractivity contribution is -0.132. The maximum atomic E-state index is 12.5. The summed E-state index contributed by atoms with van der Waals surface area (Å²) in [7, 11) is 0. The Labute approximate surface area is 136 Å². The summed E-state index contributed by atoms with van der Waals surface area (Å²) in [6, 6.07) is 3.71.